The minimum Gasteiger partial charge on any atom is -0.461 e. The highest BCUT2D eigenvalue weighted by atomic mass is 35.5. The Labute approximate surface area is 143 Å². The van der Waals surface area contributed by atoms with Crippen LogP contribution < -0.4 is 5.73 Å². The highest BCUT2D eigenvalue weighted by Gasteiger charge is 2.19. The maximum absolute atomic E-state index is 12.0. The molecule has 0 radical (unpaired) electrons. The molecule has 1 aromatic heterocycles. The van der Waals surface area contributed by atoms with Gasteiger partial charge in [-0.05, 0) is 30.7 Å². The Hall–Kier alpha value is -1.49. The van der Waals surface area contributed by atoms with E-state index >= 15 is 0 Å². The van der Waals surface area contributed by atoms with E-state index in [2.05, 4.69) is 4.98 Å². The van der Waals surface area contributed by atoms with Gasteiger partial charge in [0.25, 0.3) is 0 Å². The monoisotopic (exact) mass is 358 g/mol. The number of nitrogens with two attached hydrogens (primary N) is 1. The molecule has 0 bridgehead atoms. The van der Waals surface area contributed by atoms with Gasteiger partial charge in [-0.2, -0.15) is 0 Å². The number of aromatic nitrogens is 1. The highest BCUT2D eigenvalue weighted by Crippen LogP contribution is 2.33. The number of hydrogen-bond acceptors (Lipinski definition) is 4. The molecule has 7 heteroatoms. The van der Waals surface area contributed by atoms with Crippen LogP contribution in [0.25, 0.3) is 11.3 Å². The first kappa shape index (κ1) is 16.9. The number of hydrogen-bond donors (Lipinski definition) is 1. The van der Waals surface area contributed by atoms with E-state index in [4.69, 9.17) is 45.3 Å². The van der Waals surface area contributed by atoms with E-state index in [1.807, 2.05) is 6.92 Å². The molecule has 0 saturated carbocycles. The Kier molecular flexibility index (Phi) is 5.51. The predicted octanol–water partition coefficient (Wildman–Crippen LogP) is 4.86. The molecular formula is C15H13Cl3N2O2. The van der Waals surface area contributed by atoms with Crippen LogP contribution in [0.15, 0.2) is 24.3 Å². The minimum atomic E-state index is -0.620. The molecule has 2 N–H and O–H groups in total. The van der Waals surface area contributed by atoms with Gasteiger partial charge >= 0.3 is 5.97 Å². The Morgan fingerprint density at radius 3 is 2.64 bits per heavy atom. The summed E-state index contributed by atoms with van der Waals surface area (Å²) in [7, 11) is 0. The number of anilines is 1. The molecule has 0 aliphatic rings. The predicted molar refractivity (Wildman–Crippen MR) is 89.7 cm³/mol. The van der Waals surface area contributed by atoms with Crippen LogP contribution in [0.2, 0.25) is 15.1 Å². The maximum atomic E-state index is 12.0. The largest absolute Gasteiger partial charge is 0.461 e. The van der Waals surface area contributed by atoms with Crippen molar-refractivity contribution in [1.82, 2.24) is 4.98 Å². The molecular weight excluding hydrogens is 347 g/mol. The van der Waals surface area contributed by atoms with E-state index in [0.29, 0.717) is 27.7 Å². The van der Waals surface area contributed by atoms with Crippen molar-refractivity contribution < 1.29 is 9.53 Å². The van der Waals surface area contributed by atoms with Crippen LogP contribution in [0.1, 0.15) is 23.8 Å². The third-order valence-electron chi connectivity index (χ3n) is 2.82. The van der Waals surface area contributed by atoms with E-state index in [0.717, 1.165) is 0 Å². The summed E-state index contributed by atoms with van der Waals surface area (Å²) in [5, 5.41) is 0.961. The average Bonchev–Trinajstić information content (AvgIpc) is 2.47. The van der Waals surface area contributed by atoms with Gasteiger partial charge in [0.2, 0.25) is 0 Å². The van der Waals surface area contributed by atoms with Gasteiger partial charge in [-0.25, -0.2) is 9.78 Å². The summed E-state index contributed by atoms with van der Waals surface area (Å²) >= 11 is 18.1. The Morgan fingerprint density at radius 2 is 2.00 bits per heavy atom. The first-order chi connectivity index (χ1) is 10.4. The highest BCUT2D eigenvalue weighted by molar-refractivity contribution is 6.37. The summed E-state index contributed by atoms with van der Waals surface area (Å²) in [5.74, 6) is -0.620. The fourth-order valence-electron chi connectivity index (χ4n) is 1.78. The molecule has 116 valence electrons. The molecule has 2 rings (SSSR count). The number of ether oxygens (including phenoxy) is 1. The number of carbonyl (C=O) groups is 1. The second-order valence-corrected chi connectivity index (χ2v) is 5.74. The molecule has 1 aromatic carbocycles. The van der Waals surface area contributed by atoms with Gasteiger partial charge in [-0.1, -0.05) is 41.7 Å². The fourth-order valence-corrected chi connectivity index (χ4v) is 2.46. The number of esters is 1. The summed E-state index contributed by atoms with van der Waals surface area (Å²) in [6, 6.07) is 6.50. The SMILES string of the molecule is CCCOC(=O)c1nc(-c2ccc(Cl)cc2Cl)cc(N)c1Cl. The number of nitrogen functional groups attached to an aromatic ring is 1. The van der Waals surface area contributed by atoms with Gasteiger partial charge in [0.1, 0.15) is 0 Å². The van der Waals surface area contributed by atoms with E-state index in [9.17, 15) is 4.79 Å². The smallest absolute Gasteiger partial charge is 0.358 e. The zero-order chi connectivity index (χ0) is 16.3. The van der Waals surface area contributed by atoms with Crippen LogP contribution in [0.5, 0.6) is 0 Å². The third-order valence-corrected chi connectivity index (χ3v) is 3.77. The van der Waals surface area contributed by atoms with E-state index < -0.39 is 5.97 Å². The number of halogens is 3. The molecule has 2 aromatic rings. The van der Waals surface area contributed by atoms with Crippen LogP contribution in [0, 0.1) is 0 Å². The van der Waals surface area contributed by atoms with Crippen molar-refractivity contribution in [2.75, 3.05) is 12.3 Å². The molecule has 0 aliphatic carbocycles. The molecule has 0 saturated heterocycles. The van der Waals surface area contributed by atoms with Crippen molar-refractivity contribution >= 4 is 46.5 Å². The lowest BCUT2D eigenvalue weighted by molar-refractivity contribution is 0.0498. The lowest BCUT2D eigenvalue weighted by Crippen LogP contribution is -2.11. The van der Waals surface area contributed by atoms with Gasteiger partial charge in [-0.3, -0.25) is 0 Å². The normalized spacial score (nSPS) is 10.5. The van der Waals surface area contributed by atoms with Crippen molar-refractivity contribution in [3.05, 3.63) is 45.0 Å². The molecule has 0 fully saturated rings. The molecule has 0 spiro atoms. The van der Waals surface area contributed by atoms with Gasteiger partial charge in [0.05, 0.1) is 28.0 Å². The molecule has 0 atom stereocenters. The molecule has 0 amide bonds. The third kappa shape index (κ3) is 3.64. The quantitative estimate of drug-likeness (QED) is 0.792. The second kappa shape index (κ2) is 7.18. The molecule has 22 heavy (non-hydrogen) atoms. The van der Waals surface area contributed by atoms with Crippen LogP contribution in [0.3, 0.4) is 0 Å². The summed E-state index contributed by atoms with van der Waals surface area (Å²) in [6.45, 7) is 2.17. The van der Waals surface area contributed by atoms with Crippen molar-refractivity contribution in [2.45, 2.75) is 13.3 Å². The van der Waals surface area contributed by atoms with Crippen LogP contribution in [0.4, 0.5) is 5.69 Å². The second-order valence-electron chi connectivity index (χ2n) is 4.52. The molecule has 1 heterocycles. The number of benzene rings is 1. The van der Waals surface area contributed by atoms with E-state index in [1.165, 1.54) is 0 Å². The first-order valence-electron chi connectivity index (χ1n) is 6.52. The van der Waals surface area contributed by atoms with Gasteiger partial charge in [0, 0.05) is 10.6 Å². The minimum absolute atomic E-state index is 0.0314. The summed E-state index contributed by atoms with van der Waals surface area (Å²) < 4.78 is 5.06. The van der Waals surface area contributed by atoms with Crippen LogP contribution >= 0.6 is 34.8 Å². The molecule has 0 unspecified atom stereocenters. The standard InChI is InChI=1S/C15H13Cl3N2O2/c1-2-5-22-15(21)14-13(18)11(19)7-12(20-14)9-4-3-8(16)6-10(9)17/h3-4,6-7H,2,5H2,1H3,(H2,19,20). The van der Waals surface area contributed by atoms with Gasteiger partial charge < -0.3 is 10.5 Å². The Morgan fingerprint density at radius 1 is 1.27 bits per heavy atom. The molecule has 0 aliphatic heterocycles. The van der Waals surface area contributed by atoms with Crippen LogP contribution in [-0.2, 0) is 4.74 Å². The van der Waals surface area contributed by atoms with E-state index in [-0.39, 0.29) is 23.0 Å². The van der Waals surface area contributed by atoms with Gasteiger partial charge in [-0.15, -0.1) is 0 Å². The lowest BCUT2D eigenvalue weighted by atomic mass is 10.1. The number of rotatable bonds is 4. The zero-order valence-corrected chi connectivity index (χ0v) is 14.0. The number of carbonyl (C=O) groups excluding carboxylic acids is 1. The summed E-state index contributed by atoms with van der Waals surface area (Å²) in [5.41, 5.74) is 7.07. The topological polar surface area (TPSA) is 65.2 Å². The fraction of sp³-hybridized carbons (Fsp3) is 0.200. The van der Waals surface area contributed by atoms with Gasteiger partial charge in [0.15, 0.2) is 5.69 Å². The van der Waals surface area contributed by atoms with Crippen molar-refractivity contribution in [1.29, 1.82) is 0 Å². The lowest BCUT2D eigenvalue weighted by Gasteiger charge is -2.10. The van der Waals surface area contributed by atoms with Crippen molar-refractivity contribution in [2.24, 2.45) is 0 Å². The van der Waals surface area contributed by atoms with Crippen molar-refractivity contribution in [3.8, 4) is 11.3 Å². The summed E-state index contributed by atoms with van der Waals surface area (Å²) in [6.07, 6.45) is 0.696. The van der Waals surface area contributed by atoms with Crippen molar-refractivity contribution in [3.63, 3.8) is 0 Å². The maximum Gasteiger partial charge on any atom is 0.358 e. The molecule has 4 nitrogen and oxygen atoms in total. The first-order valence-corrected chi connectivity index (χ1v) is 7.66. The average molecular weight is 360 g/mol. The van der Waals surface area contributed by atoms with Crippen LogP contribution in [-0.4, -0.2) is 17.6 Å². The number of nitrogens with zero attached hydrogens (tertiary/aromatic N) is 1. The number of pyridine rings is 1. The zero-order valence-electron chi connectivity index (χ0n) is 11.7. The Balaban J connectivity index is 2.50. The Bertz CT molecular complexity index is 720. The van der Waals surface area contributed by atoms with E-state index in [1.54, 1.807) is 24.3 Å². The summed E-state index contributed by atoms with van der Waals surface area (Å²) in [4.78, 5) is 16.3.